The van der Waals surface area contributed by atoms with Gasteiger partial charge in [0.1, 0.15) is 11.8 Å². The van der Waals surface area contributed by atoms with Crippen molar-refractivity contribution in [3.8, 4) is 16.9 Å². The van der Waals surface area contributed by atoms with Crippen molar-refractivity contribution in [1.29, 1.82) is 0 Å². The van der Waals surface area contributed by atoms with E-state index in [1.807, 2.05) is 0 Å². The standard InChI is InChI=1S/C26H24F3N3O5S/c1-31(2)38(35,36)32-14-13-17-15-19(11-12-21(17)23(32)24(30)33)37-25(34)22-6-4-3-5-20(22)16-7-9-18(10-8-16)26(27,28)29/h3-12,15,23H,13-14H2,1-2H3,(H2,30,33). The van der Waals surface area contributed by atoms with Gasteiger partial charge in [0.2, 0.25) is 5.91 Å². The van der Waals surface area contributed by atoms with Gasteiger partial charge >= 0.3 is 12.1 Å². The Labute approximate surface area is 217 Å². The van der Waals surface area contributed by atoms with E-state index in [2.05, 4.69) is 0 Å². The number of nitrogens with zero attached hydrogens (tertiary/aromatic N) is 2. The van der Waals surface area contributed by atoms with Gasteiger partial charge in [-0.25, -0.2) is 4.79 Å². The molecule has 0 saturated carbocycles. The van der Waals surface area contributed by atoms with Crippen molar-refractivity contribution in [3.05, 3.63) is 89.0 Å². The minimum Gasteiger partial charge on any atom is -0.423 e. The van der Waals surface area contributed by atoms with E-state index in [1.54, 1.807) is 24.3 Å². The van der Waals surface area contributed by atoms with E-state index >= 15 is 0 Å². The van der Waals surface area contributed by atoms with E-state index in [9.17, 15) is 31.2 Å². The number of rotatable bonds is 6. The average molecular weight is 548 g/mol. The summed E-state index contributed by atoms with van der Waals surface area (Å²) < 4.78 is 71.8. The molecule has 200 valence electrons. The Morgan fingerprint density at radius 1 is 1.03 bits per heavy atom. The molecule has 12 heteroatoms. The molecule has 38 heavy (non-hydrogen) atoms. The van der Waals surface area contributed by atoms with E-state index in [1.165, 1.54) is 44.4 Å². The van der Waals surface area contributed by atoms with Crippen LogP contribution in [0.15, 0.2) is 66.7 Å². The van der Waals surface area contributed by atoms with Gasteiger partial charge in [-0.2, -0.15) is 30.2 Å². The highest BCUT2D eigenvalue weighted by atomic mass is 32.2. The topological polar surface area (TPSA) is 110 Å². The van der Waals surface area contributed by atoms with Crippen molar-refractivity contribution in [2.24, 2.45) is 5.73 Å². The Hall–Kier alpha value is -3.74. The van der Waals surface area contributed by atoms with Gasteiger partial charge < -0.3 is 10.5 Å². The molecule has 1 aliphatic rings. The molecule has 1 amide bonds. The molecule has 2 N–H and O–H groups in total. The number of hydrogen-bond acceptors (Lipinski definition) is 5. The van der Waals surface area contributed by atoms with Crippen LogP contribution in [0.4, 0.5) is 13.2 Å². The predicted molar refractivity (Wildman–Crippen MR) is 133 cm³/mol. The number of nitrogens with two attached hydrogens (primary N) is 1. The first-order valence-electron chi connectivity index (χ1n) is 11.4. The fraction of sp³-hybridized carbons (Fsp3) is 0.231. The molecule has 0 aromatic heterocycles. The molecule has 0 bridgehead atoms. The molecular formula is C26H24F3N3O5S. The number of halogens is 3. The van der Waals surface area contributed by atoms with Gasteiger partial charge in [-0.15, -0.1) is 0 Å². The number of benzene rings is 3. The fourth-order valence-corrected chi connectivity index (χ4v) is 5.54. The molecule has 1 aliphatic heterocycles. The maximum absolute atomic E-state index is 13.1. The zero-order valence-corrected chi connectivity index (χ0v) is 21.2. The van der Waals surface area contributed by atoms with Gasteiger partial charge in [0.25, 0.3) is 10.2 Å². The van der Waals surface area contributed by atoms with Crippen molar-refractivity contribution in [3.63, 3.8) is 0 Å². The maximum atomic E-state index is 13.1. The van der Waals surface area contributed by atoms with Crippen molar-refractivity contribution < 1.29 is 35.9 Å². The van der Waals surface area contributed by atoms with Crippen LogP contribution in [0.25, 0.3) is 11.1 Å². The highest BCUT2D eigenvalue weighted by molar-refractivity contribution is 7.86. The van der Waals surface area contributed by atoms with Gasteiger partial charge in [0.05, 0.1) is 11.1 Å². The average Bonchev–Trinajstić information content (AvgIpc) is 2.87. The summed E-state index contributed by atoms with van der Waals surface area (Å²) in [6, 6.07) is 14.0. The number of carbonyl (C=O) groups excluding carboxylic acids is 2. The molecule has 0 fully saturated rings. The summed E-state index contributed by atoms with van der Waals surface area (Å²) in [4.78, 5) is 25.3. The predicted octanol–water partition coefficient (Wildman–Crippen LogP) is 3.78. The smallest absolute Gasteiger partial charge is 0.416 e. The van der Waals surface area contributed by atoms with Crippen LogP contribution in [0, 0.1) is 0 Å². The van der Waals surface area contributed by atoms with Crippen LogP contribution in [-0.4, -0.2) is 49.5 Å². The lowest BCUT2D eigenvalue weighted by molar-refractivity contribution is -0.137. The molecule has 0 aliphatic carbocycles. The SMILES string of the molecule is CN(C)S(=O)(=O)N1CCc2cc(OC(=O)c3ccccc3-c3ccc(C(F)(F)F)cc3)ccc2C1C(N)=O. The first-order valence-corrected chi connectivity index (χ1v) is 12.8. The normalized spacial score (nSPS) is 16.2. The monoisotopic (exact) mass is 547 g/mol. The van der Waals surface area contributed by atoms with Crippen molar-refractivity contribution in [2.45, 2.75) is 18.6 Å². The van der Waals surface area contributed by atoms with Gasteiger partial charge in [-0.1, -0.05) is 36.4 Å². The number of carbonyl (C=O) groups is 2. The van der Waals surface area contributed by atoms with Crippen molar-refractivity contribution in [2.75, 3.05) is 20.6 Å². The van der Waals surface area contributed by atoms with Crippen LogP contribution in [0.5, 0.6) is 5.75 Å². The first kappa shape index (κ1) is 27.3. The van der Waals surface area contributed by atoms with E-state index in [-0.39, 0.29) is 24.3 Å². The van der Waals surface area contributed by atoms with Crippen LogP contribution in [0.1, 0.15) is 33.1 Å². The lowest BCUT2D eigenvalue weighted by Gasteiger charge is -2.35. The summed E-state index contributed by atoms with van der Waals surface area (Å²) in [7, 11) is -1.22. The van der Waals surface area contributed by atoms with E-state index in [0.717, 1.165) is 20.7 Å². The number of alkyl halides is 3. The van der Waals surface area contributed by atoms with Crippen LogP contribution in [0.2, 0.25) is 0 Å². The molecule has 1 atom stereocenters. The molecule has 4 rings (SSSR count). The lowest BCUT2D eigenvalue weighted by atomic mass is 9.93. The molecule has 0 spiro atoms. The van der Waals surface area contributed by atoms with Gasteiger partial charge in [0, 0.05) is 20.6 Å². The molecule has 1 heterocycles. The Morgan fingerprint density at radius 3 is 2.29 bits per heavy atom. The van der Waals surface area contributed by atoms with Gasteiger partial charge in [0.15, 0.2) is 0 Å². The summed E-state index contributed by atoms with van der Waals surface area (Å²) in [6.45, 7) is -0.00469. The third kappa shape index (κ3) is 5.28. The Morgan fingerprint density at radius 2 is 1.68 bits per heavy atom. The zero-order valence-electron chi connectivity index (χ0n) is 20.4. The second-order valence-electron chi connectivity index (χ2n) is 8.83. The minimum atomic E-state index is -4.48. The molecule has 3 aromatic carbocycles. The Balaban J connectivity index is 1.61. The fourth-order valence-electron chi connectivity index (χ4n) is 4.31. The number of esters is 1. The number of primary amides is 1. The molecule has 1 unspecified atom stereocenters. The molecule has 8 nitrogen and oxygen atoms in total. The van der Waals surface area contributed by atoms with Crippen LogP contribution in [-0.2, 0) is 27.6 Å². The Kier molecular flexibility index (Phi) is 7.33. The summed E-state index contributed by atoms with van der Waals surface area (Å²) in [5, 5.41) is 0. The Bertz CT molecular complexity index is 1490. The summed E-state index contributed by atoms with van der Waals surface area (Å²) >= 11 is 0. The first-order chi connectivity index (χ1) is 17.8. The second-order valence-corrected chi connectivity index (χ2v) is 10.9. The van der Waals surface area contributed by atoms with Gasteiger partial charge in [-0.3, -0.25) is 4.79 Å². The number of ether oxygens (including phenoxy) is 1. The maximum Gasteiger partial charge on any atom is 0.416 e. The van der Waals surface area contributed by atoms with Crippen LogP contribution >= 0.6 is 0 Å². The molecular weight excluding hydrogens is 523 g/mol. The number of amides is 1. The summed E-state index contributed by atoms with van der Waals surface area (Å²) in [5.41, 5.74) is 6.68. The lowest BCUT2D eigenvalue weighted by Crippen LogP contribution is -2.49. The van der Waals surface area contributed by atoms with Crippen molar-refractivity contribution in [1.82, 2.24) is 8.61 Å². The molecule has 0 radical (unpaired) electrons. The van der Waals surface area contributed by atoms with Crippen molar-refractivity contribution >= 4 is 22.1 Å². The zero-order chi connectivity index (χ0) is 27.8. The van der Waals surface area contributed by atoms with E-state index < -0.39 is 39.9 Å². The quantitative estimate of drug-likeness (QED) is 0.373. The molecule has 0 saturated heterocycles. The highest BCUT2D eigenvalue weighted by Gasteiger charge is 2.40. The third-order valence-corrected chi connectivity index (χ3v) is 8.12. The van der Waals surface area contributed by atoms with Crippen LogP contribution in [0.3, 0.4) is 0 Å². The highest BCUT2D eigenvalue weighted by Crippen LogP contribution is 2.35. The second kappa shape index (κ2) is 10.2. The largest absolute Gasteiger partial charge is 0.423 e. The van der Waals surface area contributed by atoms with Crippen LogP contribution < -0.4 is 10.5 Å². The summed E-state index contributed by atoms with van der Waals surface area (Å²) in [6.07, 6.45) is -4.23. The number of fused-ring (bicyclic) bond motifs is 1. The molecule has 3 aromatic rings. The van der Waals surface area contributed by atoms with Gasteiger partial charge in [-0.05, 0) is 59.0 Å². The summed E-state index contributed by atoms with van der Waals surface area (Å²) in [5.74, 6) is -1.42. The van der Waals surface area contributed by atoms with E-state index in [0.29, 0.717) is 22.3 Å². The third-order valence-electron chi connectivity index (χ3n) is 6.21. The number of hydrogen-bond donors (Lipinski definition) is 1. The minimum absolute atomic E-state index is 0.00469. The van der Waals surface area contributed by atoms with E-state index in [4.69, 9.17) is 10.5 Å².